The van der Waals surface area contributed by atoms with Crippen LogP contribution < -0.4 is 5.32 Å². The molecular formula is C22H25ClF2N4O. The van der Waals surface area contributed by atoms with Crippen LogP contribution in [0.4, 0.5) is 8.78 Å². The van der Waals surface area contributed by atoms with Crippen LogP contribution in [0.2, 0.25) is 0 Å². The van der Waals surface area contributed by atoms with E-state index in [0.29, 0.717) is 18.0 Å². The van der Waals surface area contributed by atoms with Crippen molar-refractivity contribution in [3.63, 3.8) is 0 Å². The van der Waals surface area contributed by atoms with E-state index in [9.17, 15) is 13.6 Å². The van der Waals surface area contributed by atoms with E-state index >= 15 is 0 Å². The molecule has 1 aromatic carbocycles. The van der Waals surface area contributed by atoms with Crippen molar-refractivity contribution in [2.75, 3.05) is 0 Å². The van der Waals surface area contributed by atoms with Gasteiger partial charge in [-0.25, -0.2) is 9.50 Å². The molecule has 2 aromatic heterocycles. The minimum absolute atomic E-state index is 0.00458. The fourth-order valence-corrected chi connectivity index (χ4v) is 3.49. The average molecular weight is 435 g/mol. The summed E-state index contributed by atoms with van der Waals surface area (Å²) in [6.45, 7) is 7.86. The lowest BCUT2D eigenvalue weighted by Crippen LogP contribution is -2.28. The Kier molecular flexibility index (Phi) is 6.41. The molecule has 0 saturated heterocycles. The van der Waals surface area contributed by atoms with Crippen molar-refractivity contribution < 1.29 is 13.6 Å². The number of carbonyl (C=O) groups excluding carboxylic acids is 1. The van der Waals surface area contributed by atoms with E-state index in [2.05, 4.69) is 41.4 Å². The van der Waals surface area contributed by atoms with E-state index in [0.717, 1.165) is 22.6 Å². The molecule has 8 heteroatoms. The molecule has 0 fully saturated rings. The molecule has 0 aliphatic rings. The maximum atomic E-state index is 13.8. The summed E-state index contributed by atoms with van der Waals surface area (Å²) in [6.07, 6.45) is 1.72. The topological polar surface area (TPSA) is 59.3 Å². The Balaban J connectivity index is 1.86. The van der Waals surface area contributed by atoms with E-state index in [4.69, 9.17) is 11.6 Å². The first-order chi connectivity index (χ1) is 14.1. The molecule has 1 N–H and O–H groups in total. The van der Waals surface area contributed by atoms with Crippen molar-refractivity contribution in [2.24, 2.45) is 0 Å². The van der Waals surface area contributed by atoms with Gasteiger partial charge in [0.15, 0.2) is 11.3 Å². The Hall–Kier alpha value is -2.54. The quantitative estimate of drug-likeness (QED) is 0.484. The highest BCUT2D eigenvalue weighted by Crippen LogP contribution is 2.32. The molecule has 3 aromatic rings. The predicted molar refractivity (Wildman–Crippen MR) is 113 cm³/mol. The Morgan fingerprint density at radius 1 is 1.17 bits per heavy atom. The van der Waals surface area contributed by atoms with Crippen LogP contribution in [-0.2, 0) is 5.38 Å². The third-order valence-corrected chi connectivity index (χ3v) is 5.51. The maximum Gasteiger partial charge on any atom is 0.364 e. The van der Waals surface area contributed by atoms with Crippen molar-refractivity contribution in [3.8, 4) is 0 Å². The number of aryl methyl sites for hydroxylation is 1. The largest absolute Gasteiger partial charge is 0.364 e. The molecule has 0 radical (unpaired) electrons. The maximum absolute atomic E-state index is 13.8. The van der Waals surface area contributed by atoms with Crippen LogP contribution in [0.15, 0.2) is 36.4 Å². The minimum Gasteiger partial charge on any atom is -0.344 e. The number of nitrogens with one attached hydrogen (secondary N) is 1. The molecule has 2 atom stereocenters. The number of hydrogen-bond donors (Lipinski definition) is 1. The van der Waals surface area contributed by atoms with Gasteiger partial charge in [-0.1, -0.05) is 45.0 Å². The predicted octanol–water partition coefficient (Wildman–Crippen LogP) is 5.72. The molecular weight excluding hydrogens is 410 g/mol. The van der Waals surface area contributed by atoms with Crippen LogP contribution in [0, 0.1) is 6.92 Å². The first-order valence-corrected chi connectivity index (χ1v) is 10.4. The summed E-state index contributed by atoms with van der Waals surface area (Å²) in [5, 5.41) is 3.33. The second-order valence-electron chi connectivity index (χ2n) is 7.49. The molecule has 160 valence electrons. The third-order valence-electron chi connectivity index (χ3n) is 5.31. The highest BCUT2D eigenvalue weighted by atomic mass is 35.5. The van der Waals surface area contributed by atoms with E-state index in [1.807, 2.05) is 19.1 Å². The number of halogens is 3. The lowest BCUT2D eigenvalue weighted by molar-refractivity contribution is 0.0863. The van der Waals surface area contributed by atoms with Crippen molar-refractivity contribution in [2.45, 2.75) is 57.9 Å². The van der Waals surface area contributed by atoms with Gasteiger partial charge < -0.3 is 5.32 Å². The van der Waals surface area contributed by atoms with Gasteiger partial charge in [-0.05, 0) is 54.5 Å². The molecule has 3 rings (SSSR count). The molecule has 0 aliphatic carbocycles. The van der Waals surface area contributed by atoms with E-state index in [-0.39, 0.29) is 17.4 Å². The lowest BCUT2D eigenvalue weighted by atomic mass is 9.95. The van der Waals surface area contributed by atoms with Crippen LogP contribution >= 0.6 is 11.6 Å². The minimum atomic E-state index is -3.63. The summed E-state index contributed by atoms with van der Waals surface area (Å²) in [4.78, 5) is 17.0. The smallest absolute Gasteiger partial charge is 0.344 e. The van der Waals surface area contributed by atoms with Gasteiger partial charge in [-0.15, -0.1) is 0 Å². The molecule has 2 heterocycles. The fourth-order valence-electron chi connectivity index (χ4n) is 3.36. The summed E-state index contributed by atoms with van der Waals surface area (Å²) in [5.41, 5.74) is 2.20. The zero-order valence-corrected chi connectivity index (χ0v) is 18.2. The summed E-state index contributed by atoms with van der Waals surface area (Å²) in [7, 11) is 0. The number of nitrogens with zero attached hydrogens (tertiary/aromatic N) is 3. The van der Waals surface area contributed by atoms with Crippen LogP contribution in [0.5, 0.6) is 0 Å². The van der Waals surface area contributed by atoms with Gasteiger partial charge in [0.25, 0.3) is 5.91 Å². The first-order valence-electron chi connectivity index (χ1n) is 9.99. The zero-order valence-electron chi connectivity index (χ0n) is 17.4. The molecule has 30 heavy (non-hydrogen) atoms. The van der Waals surface area contributed by atoms with Crippen molar-refractivity contribution in [1.82, 2.24) is 19.9 Å². The number of aromatic nitrogens is 3. The lowest BCUT2D eigenvalue weighted by Gasteiger charge is -2.18. The number of carbonyl (C=O) groups is 1. The van der Waals surface area contributed by atoms with Crippen LogP contribution in [0.3, 0.4) is 0 Å². The van der Waals surface area contributed by atoms with Crippen molar-refractivity contribution in [1.29, 1.82) is 0 Å². The number of hydrogen-bond acceptors (Lipinski definition) is 3. The average Bonchev–Trinajstić information content (AvgIpc) is 3.14. The summed E-state index contributed by atoms with van der Waals surface area (Å²) in [6, 6.07) is 10.5. The molecule has 0 spiro atoms. The highest BCUT2D eigenvalue weighted by molar-refractivity contribution is 6.21. The number of benzene rings is 1. The van der Waals surface area contributed by atoms with Gasteiger partial charge in [0.2, 0.25) is 0 Å². The van der Waals surface area contributed by atoms with Crippen LogP contribution in [0.25, 0.3) is 5.65 Å². The van der Waals surface area contributed by atoms with E-state index in [1.54, 1.807) is 6.92 Å². The molecule has 1 amide bonds. The van der Waals surface area contributed by atoms with Gasteiger partial charge in [-0.2, -0.15) is 13.9 Å². The molecule has 0 aliphatic heterocycles. The fraction of sp³-hybridized carbons (Fsp3) is 0.409. The van der Waals surface area contributed by atoms with Crippen LogP contribution in [0.1, 0.15) is 78.6 Å². The summed E-state index contributed by atoms with van der Waals surface area (Å²) >= 11 is 5.21. The second kappa shape index (κ2) is 8.68. The summed E-state index contributed by atoms with van der Waals surface area (Å²) in [5.74, 6) is 0.0109. The standard InChI is InChI=1S/C22H25ClF2N4O/c1-5-13(3)15-7-9-16(10-8-15)17(6-2)27-21(30)18-12-20-26-14(4)11-19(22(23,24)25)29(20)28-18/h7-13,17H,5-6H2,1-4H3,(H,27,30). The zero-order chi connectivity index (χ0) is 22.1. The Bertz CT molecular complexity index is 1040. The Morgan fingerprint density at radius 2 is 1.80 bits per heavy atom. The van der Waals surface area contributed by atoms with Crippen LogP contribution in [-0.4, -0.2) is 20.5 Å². The highest BCUT2D eigenvalue weighted by Gasteiger charge is 2.33. The van der Waals surface area contributed by atoms with Gasteiger partial charge in [0, 0.05) is 11.8 Å². The van der Waals surface area contributed by atoms with Gasteiger partial charge >= 0.3 is 5.38 Å². The normalized spacial score (nSPS) is 14.0. The molecule has 0 saturated carbocycles. The number of alkyl halides is 3. The Morgan fingerprint density at radius 3 is 2.37 bits per heavy atom. The van der Waals surface area contributed by atoms with Gasteiger partial charge in [0.05, 0.1) is 6.04 Å². The number of amides is 1. The molecule has 2 unspecified atom stereocenters. The molecule has 5 nitrogen and oxygen atoms in total. The van der Waals surface area contributed by atoms with E-state index in [1.165, 1.54) is 11.6 Å². The number of rotatable bonds is 7. The van der Waals surface area contributed by atoms with Gasteiger partial charge in [0.1, 0.15) is 5.69 Å². The van der Waals surface area contributed by atoms with Gasteiger partial charge in [-0.3, -0.25) is 4.79 Å². The van der Waals surface area contributed by atoms with Crippen molar-refractivity contribution in [3.05, 3.63) is 64.6 Å². The first kappa shape index (κ1) is 22.2. The third kappa shape index (κ3) is 4.61. The van der Waals surface area contributed by atoms with Crippen molar-refractivity contribution >= 4 is 23.2 Å². The number of fused-ring (bicyclic) bond motifs is 1. The van der Waals surface area contributed by atoms with E-state index < -0.39 is 17.0 Å². The molecule has 0 bridgehead atoms. The summed E-state index contributed by atoms with van der Waals surface area (Å²) < 4.78 is 28.4. The SMILES string of the molecule is CCC(C)c1ccc(C(CC)NC(=O)c2cc3nc(C)cc(C(F)(F)Cl)n3n2)cc1. The monoisotopic (exact) mass is 434 g/mol. The Labute approximate surface area is 179 Å². The second-order valence-corrected chi connectivity index (χ2v) is 7.97.